The lowest BCUT2D eigenvalue weighted by Gasteiger charge is -2.46. The van der Waals surface area contributed by atoms with Gasteiger partial charge in [-0.15, -0.1) is 11.8 Å². The van der Waals surface area contributed by atoms with E-state index < -0.39 is 53.5 Å². The van der Waals surface area contributed by atoms with Crippen LogP contribution in [0, 0.1) is 5.82 Å². The summed E-state index contributed by atoms with van der Waals surface area (Å²) in [7, 11) is 0. The van der Waals surface area contributed by atoms with Crippen LogP contribution in [0.5, 0.6) is 5.75 Å². The number of hydrogen-bond acceptors (Lipinski definition) is 5. The molecule has 1 aromatic heterocycles. The number of aromatic hydroxyl groups is 1. The standard InChI is InChI=1S/C24H19F4N3O3S/c1-13(24(26,27)28)29-12-31(30-9-8-18(32)22(33)21(30)23(29)34)20-16-4-2-3-5-19(16)35-11-14-6-7-15(25)10-17(14)20/h2-10,13,20,33H,11-12H2,1H3/t13-,20+/m0/s1. The van der Waals surface area contributed by atoms with Gasteiger partial charge in [0.2, 0.25) is 5.43 Å². The molecule has 0 aliphatic carbocycles. The van der Waals surface area contributed by atoms with Crippen LogP contribution in [0.3, 0.4) is 0 Å². The third-order valence-electron chi connectivity index (χ3n) is 6.33. The molecule has 0 radical (unpaired) electrons. The highest BCUT2D eigenvalue weighted by atomic mass is 32.2. The Balaban J connectivity index is 1.79. The quantitative estimate of drug-likeness (QED) is 0.524. The first-order valence-electron chi connectivity index (χ1n) is 10.7. The number of hydrogen-bond donors (Lipinski definition) is 1. The van der Waals surface area contributed by atoms with E-state index in [4.69, 9.17) is 0 Å². The van der Waals surface area contributed by atoms with Crippen LogP contribution in [-0.2, 0) is 5.75 Å². The highest BCUT2D eigenvalue weighted by Gasteiger charge is 2.47. The van der Waals surface area contributed by atoms with Crippen molar-refractivity contribution in [2.24, 2.45) is 0 Å². The number of amides is 1. The molecule has 0 fully saturated rings. The molecule has 0 bridgehead atoms. The predicted octanol–water partition coefficient (Wildman–Crippen LogP) is 4.39. The Morgan fingerprint density at radius 2 is 1.83 bits per heavy atom. The van der Waals surface area contributed by atoms with Gasteiger partial charge in [0.1, 0.15) is 18.5 Å². The monoisotopic (exact) mass is 505 g/mol. The number of carbonyl (C=O) groups excluding carboxylic acids is 1. The third kappa shape index (κ3) is 3.83. The zero-order valence-corrected chi connectivity index (χ0v) is 19.1. The molecule has 3 heterocycles. The van der Waals surface area contributed by atoms with Gasteiger partial charge < -0.3 is 10.0 Å². The molecule has 2 aliphatic rings. The molecule has 35 heavy (non-hydrogen) atoms. The summed E-state index contributed by atoms with van der Waals surface area (Å²) in [6, 6.07) is 9.55. The first kappa shape index (κ1) is 23.3. The highest BCUT2D eigenvalue weighted by molar-refractivity contribution is 7.98. The zero-order chi connectivity index (χ0) is 25.1. The van der Waals surface area contributed by atoms with Gasteiger partial charge in [-0.25, -0.2) is 4.39 Å². The molecular weight excluding hydrogens is 486 g/mol. The van der Waals surface area contributed by atoms with Crippen LogP contribution in [0.15, 0.2) is 64.4 Å². The number of aromatic nitrogens is 1. The van der Waals surface area contributed by atoms with Crippen LogP contribution < -0.4 is 10.4 Å². The van der Waals surface area contributed by atoms with E-state index in [0.717, 1.165) is 23.4 Å². The Bertz CT molecular complexity index is 1390. The maximum atomic E-state index is 14.5. The summed E-state index contributed by atoms with van der Waals surface area (Å²) in [5.41, 5.74) is 0.513. The number of alkyl halides is 3. The van der Waals surface area contributed by atoms with E-state index in [1.54, 1.807) is 18.2 Å². The van der Waals surface area contributed by atoms with Crippen molar-refractivity contribution in [2.45, 2.75) is 35.8 Å². The summed E-state index contributed by atoms with van der Waals surface area (Å²) in [5.74, 6) is -2.09. The molecular formula is C24H19F4N3O3S. The number of thioether (sulfide) groups is 1. The number of nitrogens with zero attached hydrogens (tertiary/aromatic N) is 3. The molecule has 3 aromatic rings. The van der Waals surface area contributed by atoms with Crippen LogP contribution in [0.25, 0.3) is 0 Å². The van der Waals surface area contributed by atoms with E-state index in [-0.39, 0.29) is 0 Å². The fraction of sp³-hybridized carbons (Fsp3) is 0.250. The van der Waals surface area contributed by atoms with Crippen LogP contribution in [0.4, 0.5) is 17.6 Å². The summed E-state index contributed by atoms with van der Waals surface area (Å²) in [6.45, 7) is 0.322. The molecule has 0 spiro atoms. The first-order valence-corrected chi connectivity index (χ1v) is 11.7. The lowest BCUT2D eigenvalue weighted by Crippen LogP contribution is -2.60. The molecule has 5 rings (SSSR count). The lowest BCUT2D eigenvalue weighted by atomic mass is 9.94. The van der Waals surface area contributed by atoms with Gasteiger partial charge in [-0.2, -0.15) is 13.2 Å². The van der Waals surface area contributed by atoms with Crippen LogP contribution in [0.1, 0.15) is 40.1 Å². The summed E-state index contributed by atoms with van der Waals surface area (Å²) in [6.07, 6.45) is -3.51. The summed E-state index contributed by atoms with van der Waals surface area (Å²) in [4.78, 5) is 26.7. The van der Waals surface area contributed by atoms with E-state index in [1.807, 2.05) is 12.1 Å². The molecule has 11 heteroatoms. The Morgan fingerprint density at radius 1 is 1.09 bits per heavy atom. The summed E-state index contributed by atoms with van der Waals surface area (Å²) < 4.78 is 56.8. The molecule has 2 aliphatic heterocycles. The van der Waals surface area contributed by atoms with Gasteiger partial charge in [-0.05, 0) is 41.8 Å². The van der Waals surface area contributed by atoms with Crippen molar-refractivity contribution in [2.75, 3.05) is 11.7 Å². The van der Waals surface area contributed by atoms with Crippen molar-refractivity contribution >= 4 is 17.7 Å². The minimum atomic E-state index is -4.75. The molecule has 1 N–H and O–H groups in total. The minimum absolute atomic E-state index is 0.501. The topological polar surface area (TPSA) is 65.8 Å². The molecule has 2 atom stereocenters. The second-order valence-electron chi connectivity index (χ2n) is 8.37. The Morgan fingerprint density at radius 3 is 2.57 bits per heavy atom. The van der Waals surface area contributed by atoms with E-state index in [9.17, 15) is 32.3 Å². The number of benzene rings is 2. The van der Waals surface area contributed by atoms with Gasteiger partial charge in [-0.3, -0.25) is 19.3 Å². The molecule has 6 nitrogen and oxygen atoms in total. The predicted molar refractivity (Wildman–Crippen MR) is 121 cm³/mol. The van der Waals surface area contributed by atoms with Crippen molar-refractivity contribution in [1.29, 1.82) is 0 Å². The number of halogens is 4. The molecule has 0 unspecified atom stereocenters. The number of rotatable bonds is 2. The van der Waals surface area contributed by atoms with E-state index >= 15 is 0 Å². The fourth-order valence-electron chi connectivity index (χ4n) is 4.47. The van der Waals surface area contributed by atoms with Crippen molar-refractivity contribution in [3.05, 3.63) is 93.2 Å². The second-order valence-corrected chi connectivity index (χ2v) is 9.38. The van der Waals surface area contributed by atoms with Crippen molar-refractivity contribution in [3.63, 3.8) is 0 Å². The van der Waals surface area contributed by atoms with E-state index in [0.29, 0.717) is 21.8 Å². The van der Waals surface area contributed by atoms with Gasteiger partial charge >= 0.3 is 6.18 Å². The smallest absolute Gasteiger partial charge is 0.408 e. The summed E-state index contributed by atoms with van der Waals surface area (Å²) >= 11 is 1.51. The Labute approximate surface area is 201 Å². The van der Waals surface area contributed by atoms with E-state index in [1.165, 1.54) is 39.8 Å². The van der Waals surface area contributed by atoms with Crippen LogP contribution in [0.2, 0.25) is 0 Å². The summed E-state index contributed by atoms with van der Waals surface area (Å²) in [5, 5.41) is 11.9. The number of carbonyl (C=O) groups is 1. The number of fused-ring (bicyclic) bond motifs is 3. The molecule has 182 valence electrons. The Kier molecular flexibility index (Phi) is 5.54. The Hall–Kier alpha value is -3.47. The van der Waals surface area contributed by atoms with Gasteiger partial charge in [-0.1, -0.05) is 24.3 Å². The SMILES string of the molecule is C[C@H](N1CN([C@H]2c3cc(F)ccc3CSc3ccccc32)n2ccc(=O)c(O)c2C1=O)C(F)(F)F. The zero-order valence-electron chi connectivity index (χ0n) is 18.3. The largest absolute Gasteiger partial charge is 0.502 e. The van der Waals surface area contributed by atoms with Crippen LogP contribution in [-0.4, -0.2) is 39.5 Å². The normalized spacial score (nSPS) is 18.4. The third-order valence-corrected chi connectivity index (χ3v) is 7.47. The van der Waals surface area contributed by atoms with Gasteiger partial charge in [0, 0.05) is 22.9 Å². The highest BCUT2D eigenvalue weighted by Crippen LogP contribution is 2.43. The average molecular weight is 505 g/mol. The maximum absolute atomic E-state index is 14.5. The van der Waals surface area contributed by atoms with Gasteiger partial charge in [0.15, 0.2) is 11.4 Å². The van der Waals surface area contributed by atoms with Crippen molar-refractivity contribution < 1.29 is 27.5 Å². The molecule has 0 saturated heterocycles. The van der Waals surface area contributed by atoms with Gasteiger partial charge in [0.25, 0.3) is 5.91 Å². The lowest BCUT2D eigenvalue weighted by molar-refractivity contribution is -0.173. The van der Waals surface area contributed by atoms with Crippen molar-refractivity contribution in [1.82, 2.24) is 9.58 Å². The minimum Gasteiger partial charge on any atom is -0.502 e. The fourth-order valence-corrected chi connectivity index (χ4v) is 5.56. The molecule has 2 aromatic carbocycles. The van der Waals surface area contributed by atoms with E-state index in [2.05, 4.69) is 0 Å². The average Bonchev–Trinajstić information content (AvgIpc) is 2.97. The van der Waals surface area contributed by atoms with Crippen LogP contribution >= 0.6 is 11.8 Å². The van der Waals surface area contributed by atoms with Gasteiger partial charge in [0.05, 0.1) is 6.04 Å². The maximum Gasteiger partial charge on any atom is 0.408 e. The number of pyridine rings is 1. The first-order chi connectivity index (χ1) is 16.6. The second kappa shape index (κ2) is 8.33. The molecule has 1 amide bonds. The molecule has 0 saturated carbocycles. The van der Waals surface area contributed by atoms with Crippen molar-refractivity contribution in [3.8, 4) is 5.75 Å².